The highest BCUT2D eigenvalue weighted by Gasteiger charge is 2.22. The van der Waals surface area contributed by atoms with Crippen molar-refractivity contribution in [3.8, 4) is 5.75 Å². The van der Waals surface area contributed by atoms with Crippen LogP contribution in [0.1, 0.15) is 34.0 Å². The molecule has 1 amide bonds. The summed E-state index contributed by atoms with van der Waals surface area (Å²) in [6.07, 6.45) is -0.934. The molecule has 25 heavy (non-hydrogen) atoms. The number of esters is 1. The number of carbonyl (C=O) groups excluding carboxylic acids is 2. The highest BCUT2D eigenvalue weighted by molar-refractivity contribution is 5.99. The van der Waals surface area contributed by atoms with Gasteiger partial charge in [-0.25, -0.2) is 4.79 Å². The lowest BCUT2D eigenvalue weighted by molar-refractivity contribution is -0.123. The number of anilines is 1. The number of hydrogen-bond donors (Lipinski definition) is 1. The van der Waals surface area contributed by atoms with Crippen LogP contribution in [-0.2, 0) is 9.53 Å². The first kappa shape index (κ1) is 18.5. The van der Waals surface area contributed by atoms with Gasteiger partial charge in [0.25, 0.3) is 5.91 Å². The van der Waals surface area contributed by atoms with Crippen LogP contribution in [-0.4, -0.2) is 25.1 Å². The second kappa shape index (κ2) is 7.83. The molecule has 0 aliphatic rings. The van der Waals surface area contributed by atoms with E-state index >= 15 is 0 Å². The first-order chi connectivity index (χ1) is 11.8. The Balaban J connectivity index is 2.11. The minimum atomic E-state index is -0.934. The van der Waals surface area contributed by atoms with Gasteiger partial charge in [0, 0.05) is 5.69 Å². The molecule has 132 valence electrons. The van der Waals surface area contributed by atoms with Crippen LogP contribution in [0, 0.1) is 20.8 Å². The fourth-order valence-electron chi connectivity index (χ4n) is 2.50. The van der Waals surface area contributed by atoms with E-state index < -0.39 is 12.1 Å². The summed E-state index contributed by atoms with van der Waals surface area (Å²) >= 11 is 0. The van der Waals surface area contributed by atoms with E-state index in [1.165, 1.54) is 7.11 Å². The molecular formula is C20H23NO4. The van der Waals surface area contributed by atoms with Crippen LogP contribution in [0.3, 0.4) is 0 Å². The maximum Gasteiger partial charge on any atom is 0.342 e. The van der Waals surface area contributed by atoms with E-state index in [0.717, 1.165) is 22.4 Å². The van der Waals surface area contributed by atoms with E-state index in [2.05, 4.69) is 5.32 Å². The van der Waals surface area contributed by atoms with Crippen LogP contribution in [0.5, 0.6) is 5.75 Å². The maximum atomic E-state index is 12.4. The lowest BCUT2D eigenvalue weighted by atomic mass is 10.1. The third-order valence-electron chi connectivity index (χ3n) is 3.96. The fourth-order valence-corrected chi connectivity index (χ4v) is 2.50. The largest absolute Gasteiger partial charge is 0.496 e. The van der Waals surface area contributed by atoms with Crippen molar-refractivity contribution in [2.24, 2.45) is 0 Å². The van der Waals surface area contributed by atoms with E-state index in [-0.39, 0.29) is 5.91 Å². The van der Waals surface area contributed by atoms with E-state index in [4.69, 9.17) is 9.47 Å². The molecule has 0 aliphatic heterocycles. The first-order valence-electron chi connectivity index (χ1n) is 8.06. The van der Waals surface area contributed by atoms with Gasteiger partial charge in [0.15, 0.2) is 6.10 Å². The Hall–Kier alpha value is -2.82. The number of para-hydroxylation sites is 1. The number of aryl methyl sites for hydroxylation is 3. The molecule has 5 heteroatoms. The summed E-state index contributed by atoms with van der Waals surface area (Å²) in [5.74, 6) is -0.556. The molecule has 0 unspecified atom stereocenters. The maximum absolute atomic E-state index is 12.4. The number of nitrogens with one attached hydrogen (secondary N) is 1. The van der Waals surface area contributed by atoms with Gasteiger partial charge in [0.1, 0.15) is 11.3 Å². The molecule has 0 bridgehead atoms. The quantitative estimate of drug-likeness (QED) is 0.840. The lowest BCUT2D eigenvalue weighted by Crippen LogP contribution is -2.30. The summed E-state index contributed by atoms with van der Waals surface area (Å²) in [7, 11) is 1.48. The van der Waals surface area contributed by atoms with Crippen molar-refractivity contribution in [1.29, 1.82) is 0 Å². The van der Waals surface area contributed by atoms with Gasteiger partial charge < -0.3 is 14.8 Å². The van der Waals surface area contributed by atoms with Gasteiger partial charge in [-0.05, 0) is 51.0 Å². The number of hydrogen-bond acceptors (Lipinski definition) is 4. The Kier molecular flexibility index (Phi) is 5.80. The van der Waals surface area contributed by atoms with Crippen LogP contribution < -0.4 is 10.1 Å². The van der Waals surface area contributed by atoms with Crippen LogP contribution in [0.2, 0.25) is 0 Å². The summed E-state index contributed by atoms with van der Waals surface area (Å²) in [6, 6.07) is 11.0. The highest BCUT2D eigenvalue weighted by atomic mass is 16.5. The predicted molar refractivity (Wildman–Crippen MR) is 97.2 cm³/mol. The van der Waals surface area contributed by atoms with Crippen molar-refractivity contribution >= 4 is 17.6 Å². The van der Waals surface area contributed by atoms with Crippen molar-refractivity contribution in [3.05, 3.63) is 58.7 Å². The Bertz CT molecular complexity index is 778. The molecule has 0 radical (unpaired) electrons. The zero-order valence-corrected chi connectivity index (χ0v) is 15.2. The smallest absolute Gasteiger partial charge is 0.342 e. The molecule has 2 rings (SSSR count). The van der Waals surface area contributed by atoms with E-state index in [1.54, 1.807) is 19.1 Å². The number of amides is 1. The van der Waals surface area contributed by atoms with E-state index in [9.17, 15) is 9.59 Å². The van der Waals surface area contributed by atoms with Crippen molar-refractivity contribution in [1.82, 2.24) is 0 Å². The Morgan fingerprint density at radius 1 is 1.04 bits per heavy atom. The number of ether oxygens (including phenoxy) is 2. The fraction of sp³-hybridized carbons (Fsp3) is 0.300. The average Bonchev–Trinajstić information content (AvgIpc) is 2.57. The zero-order chi connectivity index (χ0) is 18.6. The summed E-state index contributed by atoms with van der Waals surface area (Å²) in [5, 5.41) is 2.83. The summed E-state index contributed by atoms with van der Waals surface area (Å²) in [4.78, 5) is 24.8. The molecule has 0 aromatic heterocycles. The van der Waals surface area contributed by atoms with Crippen LogP contribution in [0.4, 0.5) is 5.69 Å². The second-order valence-corrected chi connectivity index (χ2v) is 6.01. The second-order valence-electron chi connectivity index (χ2n) is 6.01. The van der Waals surface area contributed by atoms with Crippen LogP contribution in [0.15, 0.2) is 36.4 Å². The normalized spacial score (nSPS) is 11.6. The van der Waals surface area contributed by atoms with Crippen molar-refractivity contribution < 1.29 is 19.1 Å². The minimum Gasteiger partial charge on any atom is -0.496 e. The first-order valence-corrected chi connectivity index (χ1v) is 8.06. The van der Waals surface area contributed by atoms with Gasteiger partial charge in [0.2, 0.25) is 0 Å². The summed E-state index contributed by atoms with van der Waals surface area (Å²) < 4.78 is 10.5. The molecule has 1 atom stereocenters. The molecule has 0 aliphatic carbocycles. The van der Waals surface area contributed by atoms with Crippen LogP contribution >= 0.6 is 0 Å². The Morgan fingerprint density at radius 2 is 1.68 bits per heavy atom. The third-order valence-corrected chi connectivity index (χ3v) is 3.96. The minimum absolute atomic E-state index is 0.300. The molecule has 0 spiro atoms. The summed E-state index contributed by atoms with van der Waals surface area (Å²) in [5.41, 5.74) is 3.85. The predicted octanol–water partition coefficient (Wildman–Crippen LogP) is 3.80. The highest BCUT2D eigenvalue weighted by Crippen LogP contribution is 2.22. The molecule has 0 saturated carbocycles. The van der Waals surface area contributed by atoms with Crippen molar-refractivity contribution in [2.45, 2.75) is 33.8 Å². The van der Waals surface area contributed by atoms with E-state index in [0.29, 0.717) is 11.3 Å². The molecular weight excluding hydrogens is 318 g/mol. The zero-order valence-electron chi connectivity index (χ0n) is 15.2. The molecule has 5 nitrogen and oxygen atoms in total. The summed E-state index contributed by atoms with van der Waals surface area (Å²) in [6.45, 7) is 7.24. The Labute approximate surface area is 148 Å². The van der Waals surface area contributed by atoms with E-state index in [1.807, 2.05) is 45.0 Å². The van der Waals surface area contributed by atoms with Gasteiger partial charge in [-0.2, -0.15) is 0 Å². The topological polar surface area (TPSA) is 64.6 Å². The molecule has 0 heterocycles. The van der Waals surface area contributed by atoms with Gasteiger partial charge in [-0.15, -0.1) is 0 Å². The van der Waals surface area contributed by atoms with Crippen LogP contribution in [0.25, 0.3) is 0 Å². The Morgan fingerprint density at radius 3 is 2.28 bits per heavy atom. The van der Waals surface area contributed by atoms with Crippen molar-refractivity contribution in [3.63, 3.8) is 0 Å². The molecule has 0 saturated heterocycles. The van der Waals surface area contributed by atoms with Gasteiger partial charge >= 0.3 is 5.97 Å². The lowest BCUT2D eigenvalue weighted by Gasteiger charge is -2.17. The number of rotatable bonds is 5. The number of carbonyl (C=O) groups is 2. The standard InChI is InChI=1S/C20H23NO4/c1-12-9-10-17(24-5)16(11-12)20(23)25-15(4)19(22)21-18-13(2)7-6-8-14(18)3/h6-11,15H,1-5H3,(H,21,22)/t15-/m1/s1. The average molecular weight is 341 g/mol. The monoisotopic (exact) mass is 341 g/mol. The third kappa shape index (κ3) is 4.38. The molecule has 1 N–H and O–H groups in total. The van der Waals surface area contributed by atoms with Gasteiger partial charge in [-0.1, -0.05) is 29.8 Å². The number of methoxy groups -OCH3 is 1. The van der Waals surface area contributed by atoms with Gasteiger partial charge in [-0.3, -0.25) is 4.79 Å². The van der Waals surface area contributed by atoms with Gasteiger partial charge in [0.05, 0.1) is 7.11 Å². The molecule has 2 aromatic rings. The molecule has 0 fully saturated rings. The molecule has 2 aromatic carbocycles. The SMILES string of the molecule is COc1ccc(C)cc1C(=O)O[C@H](C)C(=O)Nc1c(C)cccc1C. The number of benzene rings is 2. The van der Waals surface area contributed by atoms with Crippen molar-refractivity contribution in [2.75, 3.05) is 12.4 Å².